The number of benzene rings is 1. The number of terminal acetylenes is 1. The Morgan fingerprint density at radius 2 is 2.35 bits per heavy atom. The van der Waals surface area contributed by atoms with E-state index < -0.39 is 6.09 Å². The highest BCUT2D eigenvalue weighted by Gasteiger charge is 2.06. The fourth-order valence-corrected chi connectivity index (χ4v) is 1.73. The molecule has 1 amide bonds. The van der Waals surface area contributed by atoms with Crippen LogP contribution in [0.1, 0.15) is 0 Å². The van der Waals surface area contributed by atoms with E-state index in [2.05, 4.69) is 16.0 Å². The first-order valence-electron chi connectivity index (χ1n) is 4.80. The van der Waals surface area contributed by atoms with E-state index in [0.29, 0.717) is 11.4 Å². The number of thioether (sulfide) groups is 1. The van der Waals surface area contributed by atoms with Gasteiger partial charge in [-0.15, -0.1) is 18.2 Å². The zero-order valence-corrected chi connectivity index (χ0v) is 10.5. The Balaban J connectivity index is 2.85. The van der Waals surface area contributed by atoms with Crippen LogP contribution in [0.2, 0.25) is 0 Å². The molecule has 0 aliphatic rings. The molecule has 0 unspecified atom stereocenters. The molecule has 5 heteroatoms. The molecule has 0 aliphatic heterocycles. The summed E-state index contributed by atoms with van der Waals surface area (Å²) in [6.45, 7) is 0.220. The van der Waals surface area contributed by atoms with E-state index in [1.54, 1.807) is 18.2 Å². The Kier molecular flexibility index (Phi) is 5.24. The first-order chi connectivity index (χ1) is 8.21. The van der Waals surface area contributed by atoms with Gasteiger partial charge in [0.15, 0.2) is 0 Å². The highest BCUT2D eigenvalue weighted by Crippen LogP contribution is 2.30. The average molecular weight is 251 g/mol. The number of nitrogens with one attached hydrogen (secondary N) is 1. The van der Waals surface area contributed by atoms with Crippen molar-refractivity contribution in [3.63, 3.8) is 0 Å². The number of anilines is 1. The normalized spacial score (nSPS) is 9.24. The molecule has 0 saturated carbocycles. The Bertz CT molecular complexity index is 440. The van der Waals surface area contributed by atoms with Crippen molar-refractivity contribution in [2.24, 2.45) is 0 Å². The molecule has 1 rings (SSSR count). The van der Waals surface area contributed by atoms with Gasteiger partial charge in [-0.2, -0.15) is 0 Å². The highest BCUT2D eigenvalue weighted by atomic mass is 32.2. The Labute approximate surface area is 105 Å². The van der Waals surface area contributed by atoms with Crippen LogP contribution in [0.25, 0.3) is 0 Å². The van der Waals surface area contributed by atoms with Crippen molar-refractivity contribution in [1.82, 2.24) is 0 Å². The Morgan fingerprint density at radius 1 is 1.59 bits per heavy atom. The lowest BCUT2D eigenvalue weighted by Gasteiger charge is -2.10. The van der Waals surface area contributed by atoms with Gasteiger partial charge < -0.3 is 9.47 Å². The van der Waals surface area contributed by atoms with Gasteiger partial charge in [0.2, 0.25) is 0 Å². The van der Waals surface area contributed by atoms with Crippen LogP contribution in [0.5, 0.6) is 5.75 Å². The van der Waals surface area contributed by atoms with Crippen LogP contribution in [0.15, 0.2) is 23.1 Å². The minimum Gasteiger partial charge on any atom is -0.480 e. The van der Waals surface area contributed by atoms with Gasteiger partial charge >= 0.3 is 6.09 Å². The Morgan fingerprint density at radius 3 is 2.94 bits per heavy atom. The molecular formula is C12H13NO3S. The minimum atomic E-state index is -0.505. The van der Waals surface area contributed by atoms with Gasteiger partial charge in [0, 0.05) is 5.69 Å². The largest absolute Gasteiger partial charge is 0.480 e. The van der Waals surface area contributed by atoms with Gasteiger partial charge in [-0.1, -0.05) is 5.92 Å². The first-order valence-corrected chi connectivity index (χ1v) is 6.03. The summed E-state index contributed by atoms with van der Waals surface area (Å²) in [5, 5.41) is 2.58. The molecule has 17 heavy (non-hydrogen) atoms. The number of ether oxygens (including phenoxy) is 2. The average Bonchev–Trinajstić information content (AvgIpc) is 2.36. The summed E-state index contributed by atoms with van der Waals surface area (Å²) < 4.78 is 9.87. The van der Waals surface area contributed by atoms with Crippen LogP contribution in [-0.2, 0) is 4.74 Å². The molecule has 1 aromatic carbocycles. The van der Waals surface area contributed by atoms with Crippen molar-refractivity contribution < 1.29 is 14.3 Å². The lowest BCUT2D eigenvalue weighted by molar-refractivity contribution is 0.187. The molecule has 0 atom stereocenters. The number of hydrogen-bond acceptors (Lipinski definition) is 4. The van der Waals surface area contributed by atoms with Crippen LogP contribution < -0.4 is 10.1 Å². The van der Waals surface area contributed by atoms with E-state index in [4.69, 9.17) is 11.2 Å². The third-order valence-corrected chi connectivity index (χ3v) is 2.67. The second-order valence-corrected chi connectivity index (χ2v) is 3.82. The molecule has 1 N–H and O–H groups in total. The van der Waals surface area contributed by atoms with Gasteiger partial charge in [0.25, 0.3) is 0 Å². The van der Waals surface area contributed by atoms with Crippen molar-refractivity contribution in [2.45, 2.75) is 4.90 Å². The molecule has 0 spiro atoms. The van der Waals surface area contributed by atoms with Gasteiger partial charge in [-0.05, 0) is 24.5 Å². The molecule has 4 nitrogen and oxygen atoms in total. The van der Waals surface area contributed by atoms with Crippen molar-refractivity contribution in [3.8, 4) is 18.1 Å². The van der Waals surface area contributed by atoms with Crippen molar-refractivity contribution in [3.05, 3.63) is 18.2 Å². The van der Waals surface area contributed by atoms with E-state index in [0.717, 1.165) is 4.90 Å². The first kappa shape index (κ1) is 13.3. The quantitative estimate of drug-likeness (QED) is 0.660. The summed E-state index contributed by atoms with van der Waals surface area (Å²) in [5.74, 6) is 3.10. The summed E-state index contributed by atoms with van der Waals surface area (Å²) in [5.41, 5.74) is 0.647. The van der Waals surface area contributed by atoms with Crippen LogP contribution in [0, 0.1) is 12.3 Å². The van der Waals surface area contributed by atoms with Gasteiger partial charge in [0.05, 0.1) is 12.0 Å². The fourth-order valence-electron chi connectivity index (χ4n) is 1.15. The van der Waals surface area contributed by atoms with Crippen molar-refractivity contribution in [2.75, 3.05) is 25.3 Å². The van der Waals surface area contributed by atoms with Crippen molar-refractivity contribution >= 4 is 23.5 Å². The zero-order chi connectivity index (χ0) is 12.7. The third kappa shape index (κ3) is 3.93. The predicted octanol–water partition coefficient (Wildman–Crippen LogP) is 2.60. The maximum Gasteiger partial charge on any atom is 0.411 e. The standard InChI is InChI=1S/C12H13NO3S/c1-4-7-16-10-6-5-9(8-11(10)17-3)13-12(14)15-2/h1,5-6,8H,7H2,2-3H3,(H,13,14). The summed E-state index contributed by atoms with van der Waals surface area (Å²) in [6.07, 6.45) is 6.54. The lowest BCUT2D eigenvalue weighted by Crippen LogP contribution is -2.10. The van der Waals surface area contributed by atoms with Crippen molar-refractivity contribution in [1.29, 1.82) is 0 Å². The minimum absolute atomic E-state index is 0.220. The SMILES string of the molecule is C#CCOc1ccc(NC(=O)OC)cc1SC. The molecule has 0 radical (unpaired) electrons. The lowest BCUT2D eigenvalue weighted by atomic mass is 10.3. The maximum atomic E-state index is 11.0. The molecule has 0 bridgehead atoms. The van der Waals surface area contributed by atoms with E-state index >= 15 is 0 Å². The van der Waals surface area contributed by atoms with Crippen LogP contribution in [0.3, 0.4) is 0 Å². The molecule has 90 valence electrons. The monoisotopic (exact) mass is 251 g/mol. The molecular weight excluding hydrogens is 238 g/mol. The number of hydrogen-bond donors (Lipinski definition) is 1. The molecule has 0 saturated heterocycles. The highest BCUT2D eigenvalue weighted by molar-refractivity contribution is 7.98. The number of carbonyl (C=O) groups is 1. The number of amides is 1. The second-order valence-electron chi connectivity index (χ2n) is 2.98. The third-order valence-electron chi connectivity index (χ3n) is 1.91. The summed E-state index contributed by atoms with van der Waals surface area (Å²) in [4.78, 5) is 11.9. The second kappa shape index (κ2) is 6.71. The number of carbonyl (C=O) groups excluding carboxylic acids is 1. The molecule has 0 aliphatic carbocycles. The van der Waals surface area contributed by atoms with Crippen LogP contribution in [-0.4, -0.2) is 26.1 Å². The number of rotatable bonds is 4. The van der Waals surface area contributed by atoms with Gasteiger partial charge in [0.1, 0.15) is 12.4 Å². The van der Waals surface area contributed by atoms with E-state index in [9.17, 15) is 4.79 Å². The smallest absolute Gasteiger partial charge is 0.411 e. The van der Waals surface area contributed by atoms with Crippen LogP contribution >= 0.6 is 11.8 Å². The fraction of sp³-hybridized carbons (Fsp3) is 0.250. The summed E-state index contributed by atoms with van der Waals surface area (Å²) in [7, 11) is 1.31. The molecule has 0 fully saturated rings. The topological polar surface area (TPSA) is 47.6 Å². The van der Waals surface area contributed by atoms with Gasteiger partial charge in [-0.25, -0.2) is 4.79 Å². The Hall–Kier alpha value is -1.80. The predicted molar refractivity (Wildman–Crippen MR) is 68.6 cm³/mol. The maximum absolute atomic E-state index is 11.0. The van der Waals surface area contributed by atoms with E-state index in [-0.39, 0.29) is 6.61 Å². The summed E-state index contributed by atoms with van der Waals surface area (Å²) in [6, 6.07) is 5.28. The summed E-state index contributed by atoms with van der Waals surface area (Å²) >= 11 is 1.51. The molecule has 0 aromatic heterocycles. The number of methoxy groups -OCH3 is 1. The van der Waals surface area contributed by atoms with E-state index in [1.807, 2.05) is 6.26 Å². The zero-order valence-electron chi connectivity index (χ0n) is 9.65. The van der Waals surface area contributed by atoms with Crippen LogP contribution in [0.4, 0.5) is 10.5 Å². The van der Waals surface area contributed by atoms with Gasteiger partial charge in [-0.3, -0.25) is 5.32 Å². The molecule has 0 heterocycles. The molecule has 1 aromatic rings. The van der Waals surface area contributed by atoms with E-state index in [1.165, 1.54) is 18.9 Å².